The molecule has 1 saturated carbocycles. The molecule has 1 aromatic carbocycles. The van der Waals surface area contributed by atoms with Gasteiger partial charge in [0.2, 0.25) is 0 Å². The molecule has 0 radical (unpaired) electrons. The van der Waals surface area contributed by atoms with E-state index in [1.54, 1.807) is 0 Å². The Balaban J connectivity index is 1.70. The van der Waals surface area contributed by atoms with Crippen LogP contribution in [0.15, 0.2) is 30.3 Å². The summed E-state index contributed by atoms with van der Waals surface area (Å²) in [5.41, 5.74) is 1.19. The molecule has 2 rings (SSSR count). The summed E-state index contributed by atoms with van der Waals surface area (Å²) in [4.78, 5) is 11.0. The third-order valence-electron chi connectivity index (χ3n) is 3.12. The van der Waals surface area contributed by atoms with Gasteiger partial charge in [0.25, 0.3) is 0 Å². The van der Waals surface area contributed by atoms with Crippen molar-refractivity contribution in [2.24, 2.45) is 11.8 Å². The number of Topliss-reactive ketones (excluding diaryl/α,β-unsaturated/α-hetero) is 1. The Kier molecular flexibility index (Phi) is 3.17. The fourth-order valence-corrected chi connectivity index (χ4v) is 1.83. The van der Waals surface area contributed by atoms with Gasteiger partial charge in [-0.3, -0.25) is 4.79 Å². The van der Waals surface area contributed by atoms with Gasteiger partial charge in [0, 0.05) is 12.3 Å². The van der Waals surface area contributed by atoms with Gasteiger partial charge in [0.15, 0.2) is 0 Å². The van der Waals surface area contributed by atoms with Crippen LogP contribution in [-0.4, -0.2) is 12.4 Å². The van der Waals surface area contributed by atoms with Crippen molar-refractivity contribution in [3.8, 4) is 0 Å². The number of hydrogen-bond acceptors (Lipinski definition) is 2. The molecule has 1 aliphatic rings. The molecule has 0 unspecified atom stereocenters. The van der Waals surface area contributed by atoms with Crippen molar-refractivity contribution in [3.63, 3.8) is 0 Å². The number of rotatable bonds is 4. The van der Waals surface area contributed by atoms with E-state index in [0.717, 1.165) is 0 Å². The van der Waals surface area contributed by atoms with Crippen LogP contribution in [0, 0.1) is 11.8 Å². The lowest BCUT2D eigenvalue weighted by molar-refractivity contribution is -0.136. The highest BCUT2D eigenvalue weighted by Crippen LogP contribution is 2.30. The number of carbonyl (C=O) groups is 1. The van der Waals surface area contributed by atoms with Crippen LogP contribution >= 0.6 is 0 Å². The molecule has 80 valence electrons. The largest absolute Gasteiger partial charge is 0.376 e. The Hall–Kier alpha value is -1.15. The summed E-state index contributed by atoms with van der Waals surface area (Å²) in [5.74, 6) is 1.03. The monoisotopic (exact) mass is 204 g/mol. The highest BCUT2D eigenvalue weighted by molar-refractivity contribution is 5.86. The zero-order chi connectivity index (χ0) is 10.7. The third kappa shape index (κ3) is 2.45. The SMILES string of the molecule is C[C@H]1C(=O)C[C@@H]1COCc1ccccc1. The second-order valence-corrected chi connectivity index (χ2v) is 4.22. The molecule has 0 aliphatic heterocycles. The van der Waals surface area contributed by atoms with Gasteiger partial charge in [-0.1, -0.05) is 37.3 Å². The molecule has 1 fully saturated rings. The first-order valence-electron chi connectivity index (χ1n) is 5.42. The molecular weight excluding hydrogens is 188 g/mol. The van der Waals surface area contributed by atoms with E-state index in [4.69, 9.17) is 4.74 Å². The quantitative estimate of drug-likeness (QED) is 0.753. The van der Waals surface area contributed by atoms with Gasteiger partial charge < -0.3 is 4.74 Å². The number of ether oxygens (including phenoxy) is 1. The summed E-state index contributed by atoms with van der Waals surface area (Å²) in [6, 6.07) is 10.1. The van der Waals surface area contributed by atoms with E-state index in [1.807, 2.05) is 25.1 Å². The molecule has 1 aromatic rings. The highest BCUT2D eigenvalue weighted by atomic mass is 16.5. The Morgan fingerprint density at radius 3 is 2.67 bits per heavy atom. The van der Waals surface area contributed by atoms with Crippen LogP contribution in [0.1, 0.15) is 18.9 Å². The molecular formula is C13H16O2. The summed E-state index contributed by atoms with van der Waals surface area (Å²) >= 11 is 0. The first-order valence-corrected chi connectivity index (χ1v) is 5.42. The van der Waals surface area contributed by atoms with Gasteiger partial charge in [0.1, 0.15) is 5.78 Å². The maximum atomic E-state index is 11.0. The van der Waals surface area contributed by atoms with Crippen molar-refractivity contribution in [2.75, 3.05) is 6.61 Å². The van der Waals surface area contributed by atoms with Crippen LogP contribution in [-0.2, 0) is 16.1 Å². The van der Waals surface area contributed by atoms with Crippen molar-refractivity contribution < 1.29 is 9.53 Å². The number of ketones is 1. The molecule has 0 aromatic heterocycles. The van der Waals surface area contributed by atoms with Crippen molar-refractivity contribution in [3.05, 3.63) is 35.9 Å². The van der Waals surface area contributed by atoms with Crippen LogP contribution in [0.4, 0.5) is 0 Å². The zero-order valence-corrected chi connectivity index (χ0v) is 8.98. The van der Waals surface area contributed by atoms with E-state index in [-0.39, 0.29) is 5.92 Å². The van der Waals surface area contributed by atoms with E-state index >= 15 is 0 Å². The fourth-order valence-electron chi connectivity index (χ4n) is 1.83. The van der Waals surface area contributed by atoms with Gasteiger partial charge in [-0.2, -0.15) is 0 Å². The smallest absolute Gasteiger partial charge is 0.136 e. The van der Waals surface area contributed by atoms with E-state index in [0.29, 0.717) is 31.3 Å². The van der Waals surface area contributed by atoms with Gasteiger partial charge in [-0.15, -0.1) is 0 Å². The lowest BCUT2D eigenvalue weighted by atomic mass is 9.74. The number of benzene rings is 1. The molecule has 0 heterocycles. The molecule has 2 heteroatoms. The van der Waals surface area contributed by atoms with Crippen LogP contribution in [0.5, 0.6) is 0 Å². The first-order chi connectivity index (χ1) is 7.27. The van der Waals surface area contributed by atoms with Gasteiger partial charge in [-0.25, -0.2) is 0 Å². The van der Waals surface area contributed by atoms with Crippen molar-refractivity contribution in [1.29, 1.82) is 0 Å². The molecule has 0 saturated heterocycles. The minimum absolute atomic E-state index is 0.209. The summed E-state index contributed by atoms with van der Waals surface area (Å²) in [5, 5.41) is 0. The Morgan fingerprint density at radius 1 is 1.33 bits per heavy atom. The van der Waals surface area contributed by atoms with E-state index < -0.39 is 0 Å². The third-order valence-corrected chi connectivity index (χ3v) is 3.12. The van der Waals surface area contributed by atoms with Gasteiger partial charge in [0.05, 0.1) is 13.2 Å². The summed E-state index contributed by atoms with van der Waals surface area (Å²) < 4.78 is 5.59. The van der Waals surface area contributed by atoms with Crippen LogP contribution < -0.4 is 0 Å². The summed E-state index contributed by atoms with van der Waals surface area (Å²) in [7, 11) is 0. The topological polar surface area (TPSA) is 26.3 Å². The number of carbonyl (C=O) groups excluding carboxylic acids is 1. The molecule has 0 amide bonds. The van der Waals surface area contributed by atoms with Gasteiger partial charge in [-0.05, 0) is 11.5 Å². The zero-order valence-electron chi connectivity index (χ0n) is 8.98. The second-order valence-electron chi connectivity index (χ2n) is 4.22. The lowest BCUT2D eigenvalue weighted by Gasteiger charge is -2.31. The van der Waals surface area contributed by atoms with E-state index in [1.165, 1.54) is 5.56 Å². The molecule has 0 spiro atoms. The molecule has 2 atom stereocenters. The maximum Gasteiger partial charge on any atom is 0.136 e. The first kappa shape index (κ1) is 10.4. The Morgan fingerprint density at radius 2 is 2.07 bits per heavy atom. The van der Waals surface area contributed by atoms with Crippen LogP contribution in [0.3, 0.4) is 0 Å². The minimum Gasteiger partial charge on any atom is -0.376 e. The second kappa shape index (κ2) is 4.58. The summed E-state index contributed by atoms with van der Waals surface area (Å²) in [6.45, 7) is 3.35. The number of hydrogen-bond donors (Lipinski definition) is 0. The minimum atomic E-state index is 0.209. The van der Waals surface area contributed by atoms with Crippen molar-refractivity contribution in [2.45, 2.75) is 20.0 Å². The highest BCUT2D eigenvalue weighted by Gasteiger charge is 2.35. The van der Waals surface area contributed by atoms with E-state index in [2.05, 4.69) is 12.1 Å². The molecule has 15 heavy (non-hydrogen) atoms. The predicted molar refractivity (Wildman–Crippen MR) is 58.4 cm³/mol. The molecule has 1 aliphatic carbocycles. The predicted octanol–water partition coefficient (Wildman–Crippen LogP) is 2.43. The standard InChI is InChI=1S/C13H16O2/c1-10-12(7-13(10)14)9-15-8-11-5-3-2-4-6-11/h2-6,10,12H,7-9H2,1H3/t10-,12-/m1/s1. The Bertz CT molecular complexity index is 332. The van der Waals surface area contributed by atoms with Crippen LogP contribution in [0.25, 0.3) is 0 Å². The lowest BCUT2D eigenvalue weighted by Crippen LogP contribution is -2.37. The average molecular weight is 204 g/mol. The maximum absolute atomic E-state index is 11.0. The summed E-state index contributed by atoms with van der Waals surface area (Å²) in [6.07, 6.45) is 0.704. The van der Waals surface area contributed by atoms with Crippen LogP contribution in [0.2, 0.25) is 0 Å². The normalized spacial score (nSPS) is 25.0. The van der Waals surface area contributed by atoms with Gasteiger partial charge >= 0.3 is 0 Å². The molecule has 2 nitrogen and oxygen atoms in total. The average Bonchev–Trinajstić information content (AvgIpc) is 2.29. The fraction of sp³-hybridized carbons (Fsp3) is 0.462. The molecule has 0 N–H and O–H groups in total. The van der Waals surface area contributed by atoms with E-state index in [9.17, 15) is 4.79 Å². The Labute approximate surface area is 90.3 Å². The molecule has 0 bridgehead atoms. The van der Waals surface area contributed by atoms with Crippen molar-refractivity contribution in [1.82, 2.24) is 0 Å². The van der Waals surface area contributed by atoms with Crippen molar-refractivity contribution >= 4 is 5.78 Å².